The molecule has 0 N–H and O–H groups in total. The smallest absolute Gasteiger partial charge is 0.225 e. The summed E-state index contributed by atoms with van der Waals surface area (Å²) in [6.45, 7) is 6.40. The Morgan fingerprint density at radius 2 is 1.71 bits per heavy atom. The molecule has 0 aromatic heterocycles. The van der Waals surface area contributed by atoms with Gasteiger partial charge in [0.05, 0.1) is 7.11 Å². The zero-order chi connectivity index (χ0) is 25.4. The first-order valence-electron chi connectivity index (χ1n) is 14.0. The normalized spacial score (nSPS) is 25.0. The van der Waals surface area contributed by atoms with Gasteiger partial charge in [-0.2, -0.15) is 0 Å². The lowest BCUT2D eigenvalue weighted by atomic mass is 9.77. The summed E-state index contributed by atoms with van der Waals surface area (Å²) in [7, 11) is 1.67. The van der Waals surface area contributed by atoms with E-state index in [-0.39, 0.29) is 23.7 Å². The fraction of sp³-hybridized carbons (Fsp3) is 0.548. The maximum Gasteiger partial charge on any atom is 0.225 e. The van der Waals surface area contributed by atoms with Crippen molar-refractivity contribution in [2.75, 3.05) is 46.4 Å². The molecule has 1 spiro atoms. The summed E-state index contributed by atoms with van der Waals surface area (Å²) in [4.78, 5) is 32.6. The third-order valence-electron chi connectivity index (χ3n) is 9.25. The van der Waals surface area contributed by atoms with E-state index in [9.17, 15) is 9.59 Å². The van der Waals surface area contributed by atoms with Gasteiger partial charge in [0.15, 0.2) is 0 Å². The number of ether oxygens (including phenoxy) is 1. The Balaban J connectivity index is 0.00000294. The predicted molar refractivity (Wildman–Crippen MR) is 150 cm³/mol. The minimum Gasteiger partial charge on any atom is -0.497 e. The summed E-state index contributed by atoms with van der Waals surface area (Å²) in [5.74, 6) is 2.67. The quantitative estimate of drug-likeness (QED) is 0.518. The summed E-state index contributed by atoms with van der Waals surface area (Å²) in [5.41, 5.74) is 2.63. The average Bonchev–Trinajstić information content (AvgIpc) is 3.63. The number of carbonyl (C=O) groups excluding carboxylic acids is 2. The number of hydrogen-bond donors (Lipinski definition) is 0. The molecule has 3 heterocycles. The lowest BCUT2D eigenvalue weighted by Crippen LogP contribution is -2.44. The number of methoxy groups -OCH3 is 1. The lowest BCUT2D eigenvalue weighted by molar-refractivity contribution is -0.131. The van der Waals surface area contributed by atoms with Gasteiger partial charge in [0, 0.05) is 51.0 Å². The van der Waals surface area contributed by atoms with E-state index in [4.69, 9.17) is 4.74 Å². The molecule has 2 aromatic rings. The van der Waals surface area contributed by atoms with Crippen molar-refractivity contribution in [2.45, 2.75) is 44.6 Å². The van der Waals surface area contributed by atoms with E-state index in [0.29, 0.717) is 36.6 Å². The molecule has 204 valence electrons. The Bertz CT molecular complexity index is 1110. The number of hydrogen-bond acceptors (Lipinski definition) is 4. The van der Waals surface area contributed by atoms with Crippen LogP contribution in [-0.2, 0) is 16.1 Å². The number of likely N-dealkylation sites (tertiary alicyclic amines) is 3. The second kappa shape index (κ2) is 11.3. The fourth-order valence-corrected chi connectivity index (χ4v) is 6.86. The van der Waals surface area contributed by atoms with Gasteiger partial charge in [-0.1, -0.05) is 42.5 Å². The van der Waals surface area contributed by atoms with Crippen LogP contribution in [0.1, 0.15) is 49.1 Å². The minimum atomic E-state index is 0. The van der Waals surface area contributed by atoms with Crippen molar-refractivity contribution in [3.8, 4) is 5.75 Å². The molecular formula is C31H40ClN3O3. The van der Waals surface area contributed by atoms with Gasteiger partial charge in [-0.3, -0.25) is 9.59 Å². The van der Waals surface area contributed by atoms with Gasteiger partial charge in [-0.25, -0.2) is 0 Å². The highest BCUT2D eigenvalue weighted by Gasteiger charge is 2.46. The zero-order valence-corrected chi connectivity index (χ0v) is 23.2. The van der Waals surface area contributed by atoms with Crippen LogP contribution in [-0.4, -0.2) is 72.9 Å². The molecule has 0 bridgehead atoms. The van der Waals surface area contributed by atoms with Gasteiger partial charge in [0.2, 0.25) is 11.8 Å². The van der Waals surface area contributed by atoms with Gasteiger partial charge in [-0.15, -0.1) is 12.4 Å². The van der Waals surface area contributed by atoms with Crippen molar-refractivity contribution in [3.05, 3.63) is 65.7 Å². The second-order valence-electron chi connectivity index (χ2n) is 11.9. The van der Waals surface area contributed by atoms with Gasteiger partial charge < -0.3 is 19.4 Å². The molecule has 3 saturated heterocycles. The first kappa shape index (κ1) is 27.0. The Morgan fingerprint density at radius 3 is 2.37 bits per heavy atom. The molecule has 7 heteroatoms. The molecule has 4 aliphatic rings. The van der Waals surface area contributed by atoms with Crippen LogP contribution >= 0.6 is 12.4 Å². The van der Waals surface area contributed by atoms with Gasteiger partial charge >= 0.3 is 0 Å². The Kier molecular flexibility index (Phi) is 8.01. The van der Waals surface area contributed by atoms with Crippen molar-refractivity contribution < 1.29 is 14.3 Å². The van der Waals surface area contributed by atoms with E-state index < -0.39 is 0 Å². The number of amides is 2. The third-order valence-corrected chi connectivity index (χ3v) is 9.25. The fourth-order valence-electron chi connectivity index (χ4n) is 6.86. The van der Waals surface area contributed by atoms with Crippen LogP contribution in [0.3, 0.4) is 0 Å². The monoisotopic (exact) mass is 537 g/mol. The maximum atomic E-state index is 12.9. The van der Waals surface area contributed by atoms with Crippen molar-refractivity contribution in [1.29, 1.82) is 0 Å². The molecule has 2 aromatic carbocycles. The van der Waals surface area contributed by atoms with Crippen molar-refractivity contribution >= 4 is 24.2 Å². The first-order chi connectivity index (χ1) is 18.0. The summed E-state index contributed by atoms with van der Waals surface area (Å²) in [6, 6.07) is 18.8. The molecule has 2 amide bonds. The van der Waals surface area contributed by atoms with Crippen LogP contribution in [0.4, 0.5) is 0 Å². The Labute approximate surface area is 232 Å². The van der Waals surface area contributed by atoms with Gasteiger partial charge in [-0.05, 0) is 73.4 Å². The number of carbonyl (C=O) groups is 2. The molecule has 6 nitrogen and oxygen atoms in total. The van der Waals surface area contributed by atoms with E-state index in [2.05, 4.69) is 57.2 Å². The summed E-state index contributed by atoms with van der Waals surface area (Å²) >= 11 is 0. The standard InChI is InChI=1S/C31H39N3O3.ClH/c1-37-27-11-7-23(8-12-27)18-34-22-31(17-29(34)35)13-15-32(16-14-31)19-26-20-33(30(36)25-9-10-25)21-28(26)24-5-3-2-4-6-24;/h2-8,11-12,25-26,28H,9-10,13-22H2,1H3;1H/t26-,28+;/m0./s1. The van der Waals surface area contributed by atoms with Crippen LogP contribution in [0, 0.1) is 17.3 Å². The van der Waals surface area contributed by atoms with Gasteiger partial charge in [0.1, 0.15) is 5.75 Å². The first-order valence-corrected chi connectivity index (χ1v) is 14.0. The molecule has 4 fully saturated rings. The topological polar surface area (TPSA) is 53.1 Å². The van der Waals surface area contributed by atoms with Crippen LogP contribution < -0.4 is 4.74 Å². The van der Waals surface area contributed by atoms with Gasteiger partial charge in [0.25, 0.3) is 0 Å². The van der Waals surface area contributed by atoms with Crippen LogP contribution in [0.5, 0.6) is 5.75 Å². The van der Waals surface area contributed by atoms with Crippen molar-refractivity contribution in [2.24, 2.45) is 17.3 Å². The molecule has 3 aliphatic heterocycles. The molecule has 0 radical (unpaired) electrons. The number of halogens is 1. The summed E-state index contributed by atoms with van der Waals surface area (Å²) in [6.07, 6.45) is 4.96. The van der Waals surface area contributed by atoms with Crippen LogP contribution in [0.25, 0.3) is 0 Å². The van der Waals surface area contributed by atoms with E-state index in [0.717, 1.165) is 76.3 Å². The Morgan fingerprint density at radius 1 is 1.00 bits per heavy atom. The maximum absolute atomic E-state index is 12.9. The van der Waals surface area contributed by atoms with Crippen molar-refractivity contribution in [1.82, 2.24) is 14.7 Å². The average molecular weight is 538 g/mol. The third kappa shape index (κ3) is 5.72. The highest BCUT2D eigenvalue weighted by Crippen LogP contribution is 2.43. The molecule has 6 rings (SSSR count). The largest absolute Gasteiger partial charge is 0.497 e. The molecular weight excluding hydrogens is 498 g/mol. The van der Waals surface area contributed by atoms with Crippen LogP contribution in [0.15, 0.2) is 54.6 Å². The SMILES string of the molecule is COc1ccc(CN2CC3(CCN(C[C@H]4CN(C(=O)C5CC5)C[C@@H]4c4ccccc4)CC3)CC2=O)cc1.Cl. The number of piperidine rings is 1. The zero-order valence-electron chi connectivity index (χ0n) is 22.4. The number of rotatable bonds is 7. The molecule has 1 saturated carbocycles. The minimum absolute atomic E-state index is 0. The van der Waals surface area contributed by atoms with E-state index in [1.807, 2.05) is 12.1 Å². The predicted octanol–water partition coefficient (Wildman–Crippen LogP) is 4.58. The molecule has 2 atom stereocenters. The highest BCUT2D eigenvalue weighted by molar-refractivity contribution is 5.85. The molecule has 1 aliphatic carbocycles. The summed E-state index contributed by atoms with van der Waals surface area (Å²) < 4.78 is 5.27. The van der Waals surface area contributed by atoms with Crippen LogP contribution in [0.2, 0.25) is 0 Å². The molecule has 0 unspecified atom stereocenters. The van der Waals surface area contributed by atoms with E-state index >= 15 is 0 Å². The Hall–Kier alpha value is -2.57. The van der Waals surface area contributed by atoms with Crippen molar-refractivity contribution in [3.63, 3.8) is 0 Å². The second-order valence-corrected chi connectivity index (χ2v) is 11.9. The number of benzene rings is 2. The van der Waals surface area contributed by atoms with E-state index in [1.54, 1.807) is 7.11 Å². The highest BCUT2D eigenvalue weighted by atomic mass is 35.5. The lowest BCUT2D eigenvalue weighted by Gasteiger charge is -2.40. The van der Waals surface area contributed by atoms with E-state index in [1.165, 1.54) is 5.56 Å². The number of nitrogens with zero attached hydrogens (tertiary/aromatic N) is 3. The molecule has 38 heavy (non-hydrogen) atoms. The summed E-state index contributed by atoms with van der Waals surface area (Å²) in [5, 5.41) is 0.